The molecule has 1 aromatic carbocycles. The van der Waals surface area contributed by atoms with Crippen molar-refractivity contribution in [2.75, 3.05) is 11.9 Å². The van der Waals surface area contributed by atoms with Crippen LogP contribution in [0.1, 0.15) is 39.8 Å². The van der Waals surface area contributed by atoms with Crippen molar-refractivity contribution in [2.24, 2.45) is 5.73 Å². The van der Waals surface area contributed by atoms with E-state index in [4.69, 9.17) is 10.2 Å². The summed E-state index contributed by atoms with van der Waals surface area (Å²) in [5.41, 5.74) is 7.00. The normalized spacial score (nSPS) is 10.3. The fourth-order valence-corrected chi connectivity index (χ4v) is 1.86. The first-order valence-electron chi connectivity index (χ1n) is 7.11. The number of hydrogen-bond acceptors (Lipinski definition) is 4. The van der Waals surface area contributed by atoms with Gasteiger partial charge >= 0.3 is 0 Å². The number of furan rings is 1. The molecule has 0 spiro atoms. The average molecular weight is 301 g/mol. The highest BCUT2D eigenvalue weighted by molar-refractivity contribution is 6.04. The van der Waals surface area contributed by atoms with Gasteiger partial charge in [-0.2, -0.15) is 0 Å². The third kappa shape index (κ3) is 3.95. The summed E-state index contributed by atoms with van der Waals surface area (Å²) in [5, 5.41) is 5.53. The Hall–Kier alpha value is -2.60. The SMILES string of the molecule is CCCNC(=O)c1ccc(NC(=O)c2coc(CN)c2)cc1. The van der Waals surface area contributed by atoms with Gasteiger partial charge in [-0.1, -0.05) is 6.92 Å². The molecule has 1 aromatic heterocycles. The molecular formula is C16H19N3O3. The molecule has 0 aliphatic carbocycles. The van der Waals surface area contributed by atoms with Crippen molar-refractivity contribution in [3.8, 4) is 0 Å². The molecule has 0 fully saturated rings. The maximum Gasteiger partial charge on any atom is 0.258 e. The molecule has 0 radical (unpaired) electrons. The zero-order valence-electron chi connectivity index (χ0n) is 12.4. The Balaban J connectivity index is 1.98. The van der Waals surface area contributed by atoms with Crippen LogP contribution in [0.5, 0.6) is 0 Å². The van der Waals surface area contributed by atoms with Gasteiger partial charge in [0.1, 0.15) is 12.0 Å². The maximum absolute atomic E-state index is 12.0. The summed E-state index contributed by atoms with van der Waals surface area (Å²) in [6, 6.07) is 8.30. The highest BCUT2D eigenvalue weighted by atomic mass is 16.3. The molecule has 6 heteroatoms. The van der Waals surface area contributed by atoms with Crippen LogP contribution in [0.2, 0.25) is 0 Å². The smallest absolute Gasteiger partial charge is 0.258 e. The van der Waals surface area contributed by atoms with Gasteiger partial charge in [0.05, 0.1) is 12.1 Å². The molecule has 6 nitrogen and oxygen atoms in total. The van der Waals surface area contributed by atoms with Crippen LogP contribution in [0.3, 0.4) is 0 Å². The second-order valence-electron chi connectivity index (χ2n) is 4.79. The van der Waals surface area contributed by atoms with E-state index in [9.17, 15) is 9.59 Å². The molecule has 2 aromatic rings. The predicted molar refractivity (Wildman–Crippen MR) is 83.6 cm³/mol. The monoisotopic (exact) mass is 301 g/mol. The first-order chi connectivity index (χ1) is 10.6. The maximum atomic E-state index is 12.0. The Morgan fingerprint density at radius 1 is 1.14 bits per heavy atom. The van der Waals surface area contributed by atoms with Crippen LogP contribution >= 0.6 is 0 Å². The van der Waals surface area contributed by atoms with Gasteiger partial charge in [0.15, 0.2) is 0 Å². The highest BCUT2D eigenvalue weighted by Crippen LogP contribution is 2.13. The van der Waals surface area contributed by atoms with Gasteiger partial charge < -0.3 is 20.8 Å². The van der Waals surface area contributed by atoms with Gasteiger partial charge in [0.2, 0.25) is 0 Å². The van der Waals surface area contributed by atoms with Crippen LogP contribution in [0.4, 0.5) is 5.69 Å². The molecule has 116 valence electrons. The van der Waals surface area contributed by atoms with Crippen LogP contribution in [-0.2, 0) is 6.54 Å². The highest BCUT2D eigenvalue weighted by Gasteiger charge is 2.10. The second kappa shape index (κ2) is 7.42. The van der Waals surface area contributed by atoms with Gasteiger partial charge in [-0.05, 0) is 36.8 Å². The Morgan fingerprint density at radius 3 is 2.45 bits per heavy atom. The lowest BCUT2D eigenvalue weighted by atomic mass is 10.2. The Labute approximate surface area is 128 Å². The van der Waals surface area contributed by atoms with Crippen molar-refractivity contribution in [1.82, 2.24) is 5.32 Å². The number of hydrogen-bond donors (Lipinski definition) is 3. The van der Waals surface area contributed by atoms with E-state index in [-0.39, 0.29) is 18.4 Å². The van der Waals surface area contributed by atoms with E-state index in [0.29, 0.717) is 29.1 Å². The van der Waals surface area contributed by atoms with E-state index in [1.165, 1.54) is 6.26 Å². The fourth-order valence-electron chi connectivity index (χ4n) is 1.86. The lowest BCUT2D eigenvalue weighted by Crippen LogP contribution is -2.23. The van der Waals surface area contributed by atoms with E-state index < -0.39 is 0 Å². The number of amides is 2. The fraction of sp³-hybridized carbons (Fsp3) is 0.250. The van der Waals surface area contributed by atoms with Crippen molar-refractivity contribution in [3.63, 3.8) is 0 Å². The van der Waals surface area contributed by atoms with Crippen LogP contribution in [-0.4, -0.2) is 18.4 Å². The lowest BCUT2D eigenvalue weighted by molar-refractivity contribution is 0.0953. The van der Waals surface area contributed by atoms with Gasteiger partial charge in [-0.25, -0.2) is 0 Å². The Kier molecular flexibility index (Phi) is 5.32. The van der Waals surface area contributed by atoms with E-state index in [0.717, 1.165) is 6.42 Å². The van der Waals surface area contributed by atoms with Gasteiger partial charge in [0.25, 0.3) is 11.8 Å². The van der Waals surface area contributed by atoms with Crippen molar-refractivity contribution in [2.45, 2.75) is 19.9 Å². The molecule has 4 N–H and O–H groups in total. The molecule has 0 saturated heterocycles. The molecule has 1 heterocycles. The molecule has 0 saturated carbocycles. The number of nitrogens with two attached hydrogens (primary N) is 1. The van der Waals surface area contributed by atoms with Crippen molar-refractivity contribution >= 4 is 17.5 Å². The molecule has 2 amide bonds. The molecule has 0 bridgehead atoms. The van der Waals surface area contributed by atoms with E-state index in [2.05, 4.69) is 10.6 Å². The standard InChI is InChI=1S/C16H19N3O3/c1-2-7-18-15(20)11-3-5-13(6-4-11)19-16(21)12-8-14(9-17)22-10-12/h3-6,8,10H,2,7,9,17H2,1H3,(H,18,20)(H,19,21). The number of anilines is 1. The van der Waals surface area contributed by atoms with Crippen LogP contribution in [0.25, 0.3) is 0 Å². The van der Waals surface area contributed by atoms with Gasteiger partial charge in [-0.15, -0.1) is 0 Å². The third-order valence-corrected chi connectivity index (χ3v) is 3.06. The number of benzene rings is 1. The van der Waals surface area contributed by atoms with Crippen molar-refractivity contribution < 1.29 is 14.0 Å². The minimum Gasteiger partial charge on any atom is -0.467 e. The summed E-state index contributed by atoms with van der Waals surface area (Å²) in [7, 11) is 0. The first kappa shape index (κ1) is 15.8. The quantitative estimate of drug-likeness (QED) is 0.761. The Bertz CT molecular complexity index is 647. The summed E-state index contributed by atoms with van der Waals surface area (Å²) in [6.45, 7) is 2.88. The average Bonchev–Trinajstić information content (AvgIpc) is 3.02. The van der Waals surface area contributed by atoms with Crippen molar-refractivity contribution in [3.05, 3.63) is 53.5 Å². The minimum absolute atomic E-state index is 0.123. The molecule has 0 atom stereocenters. The molecule has 0 unspecified atom stereocenters. The molecule has 0 aliphatic rings. The lowest BCUT2D eigenvalue weighted by Gasteiger charge is -2.06. The first-order valence-corrected chi connectivity index (χ1v) is 7.11. The summed E-state index contributed by atoms with van der Waals surface area (Å²) in [5.74, 6) is 0.141. The van der Waals surface area contributed by atoms with E-state index in [1.54, 1.807) is 30.3 Å². The Morgan fingerprint density at radius 2 is 1.86 bits per heavy atom. The predicted octanol–water partition coefficient (Wildman–Crippen LogP) is 2.13. The minimum atomic E-state index is -0.286. The third-order valence-electron chi connectivity index (χ3n) is 3.06. The molecular weight excluding hydrogens is 282 g/mol. The van der Waals surface area contributed by atoms with E-state index in [1.807, 2.05) is 6.92 Å². The largest absolute Gasteiger partial charge is 0.467 e. The van der Waals surface area contributed by atoms with Gasteiger partial charge in [-0.3, -0.25) is 9.59 Å². The topological polar surface area (TPSA) is 97.4 Å². The van der Waals surface area contributed by atoms with Gasteiger partial charge in [0, 0.05) is 17.8 Å². The zero-order chi connectivity index (χ0) is 15.9. The van der Waals surface area contributed by atoms with Crippen LogP contribution in [0, 0.1) is 0 Å². The van der Waals surface area contributed by atoms with E-state index >= 15 is 0 Å². The second-order valence-corrected chi connectivity index (χ2v) is 4.79. The summed E-state index contributed by atoms with van der Waals surface area (Å²) >= 11 is 0. The number of rotatable bonds is 6. The summed E-state index contributed by atoms with van der Waals surface area (Å²) in [6.07, 6.45) is 2.25. The number of carbonyl (C=O) groups is 2. The number of carbonyl (C=O) groups excluding carboxylic acids is 2. The molecule has 2 rings (SSSR count). The van der Waals surface area contributed by atoms with Crippen LogP contribution < -0.4 is 16.4 Å². The van der Waals surface area contributed by atoms with Crippen molar-refractivity contribution in [1.29, 1.82) is 0 Å². The zero-order valence-corrected chi connectivity index (χ0v) is 12.4. The molecule has 22 heavy (non-hydrogen) atoms. The summed E-state index contributed by atoms with van der Waals surface area (Å²) < 4.78 is 5.12. The van der Waals surface area contributed by atoms with Crippen LogP contribution in [0.15, 0.2) is 41.0 Å². The molecule has 0 aliphatic heterocycles. The summed E-state index contributed by atoms with van der Waals surface area (Å²) in [4.78, 5) is 23.8. The number of nitrogens with one attached hydrogen (secondary N) is 2.